The van der Waals surface area contributed by atoms with Crippen molar-refractivity contribution in [2.45, 2.75) is 17.0 Å². The van der Waals surface area contributed by atoms with Crippen LogP contribution >= 0.6 is 34.4 Å². The van der Waals surface area contributed by atoms with Crippen molar-refractivity contribution in [2.75, 3.05) is 26.1 Å². The zero-order chi connectivity index (χ0) is 17.6. The number of thioether (sulfide) groups is 1. The van der Waals surface area contributed by atoms with Gasteiger partial charge in [0.15, 0.2) is 15.8 Å². The molecule has 0 saturated carbocycles. The van der Waals surface area contributed by atoms with Gasteiger partial charge in [0.1, 0.15) is 5.01 Å². The number of benzene rings is 1. The normalized spacial score (nSPS) is 10.7. The Bertz CT molecular complexity index is 834. The van der Waals surface area contributed by atoms with Gasteiger partial charge in [0.05, 0.1) is 25.5 Å². The van der Waals surface area contributed by atoms with E-state index < -0.39 is 0 Å². The van der Waals surface area contributed by atoms with E-state index in [2.05, 4.69) is 20.9 Å². The molecule has 0 aliphatic heterocycles. The molecule has 0 spiro atoms. The first-order valence-corrected chi connectivity index (χ1v) is 10.3. The van der Waals surface area contributed by atoms with Crippen LogP contribution in [0.2, 0.25) is 0 Å². The van der Waals surface area contributed by atoms with Crippen LogP contribution in [0.5, 0.6) is 11.5 Å². The summed E-state index contributed by atoms with van der Waals surface area (Å²) in [5.41, 5.74) is 1.95. The standard InChI is InChI=1S/C16H18N4O2S3/c1-4-17-15-19-20-16(25-15)24-9-10-8-23-14(18-10)11-6-5-7-12(21-2)13(11)22-3/h5-8H,4,9H2,1-3H3,(H,17,19). The molecule has 2 heterocycles. The number of thiazole rings is 1. The summed E-state index contributed by atoms with van der Waals surface area (Å²) in [7, 11) is 3.28. The molecule has 0 bridgehead atoms. The summed E-state index contributed by atoms with van der Waals surface area (Å²) < 4.78 is 11.8. The number of rotatable bonds is 8. The third-order valence-corrected chi connectivity index (χ3v) is 6.24. The lowest BCUT2D eigenvalue weighted by molar-refractivity contribution is 0.356. The smallest absolute Gasteiger partial charge is 0.206 e. The van der Waals surface area contributed by atoms with Crippen LogP contribution in [0.4, 0.5) is 5.13 Å². The lowest BCUT2D eigenvalue weighted by atomic mass is 10.2. The molecule has 0 atom stereocenters. The van der Waals surface area contributed by atoms with E-state index in [9.17, 15) is 0 Å². The number of hydrogen-bond donors (Lipinski definition) is 1. The SMILES string of the molecule is CCNc1nnc(SCc2csc(-c3cccc(OC)c3OC)n2)s1. The van der Waals surface area contributed by atoms with Crippen LogP contribution in [-0.4, -0.2) is 35.9 Å². The first-order chi connectivity index (χ1) is 12.2. The van der Waals surface area contributed by atoms with Gasteiger partial charge in [0.2, 0.25) is 5.13 Å². The van der Waals surface area contributed by atoms with E-state index in [4.69, 9.17) is 14.5 Å². The number of para-hydroxylation sites is 1. The van der Waals surface area contributed by atoms with Crippen molar-refractivity contribution in [3.05, 3.63) is 29.3 Å². The molecule has 6 nitrogen and oxygen atoms in total. The van der Waals surface area contributed by atoms with Crippen LogP contribution in [0.3, 0.4) is 0 Å². The number of nitrogens with zero attached hydrogens (tertiary/aromatic N) is 3. The fourth-order valence-electron chi connectivity index (χ4n) is 2.18. The molecule has 25 heavy (non-hydrogen) atoms. The Balaban J connectivity index is 1.72. The Labute approximate surface area is 158 Å². The van der Waals surface area contributed by atoms with Gasteiger partial charge < -0.3 is 14.8 Å². The Morgan fingerprint density at radius 3 is 2.84 bits per heavy atom. The maximum atomic E-state index is 5.50. The van der Waals surface area contributed by atoms with Gasteiger partial charge in [0.25, 0.3) is 0 Å². The van der Waals surface area contributed by atoms with E-state index >= 15 is 0 Å². The molecule has 0 fully saturated rings. The van der Waals surface area contributed by atoms with E-state index in [-0.39, 0.29) is 0 Å². The van der Waals surface area contributed by atoms with Crippen LogP contribution in [0.15, 0.2) is 27.9 Å². The maximum Gasteiger partial charge on any atom is 0.206 e. The quantitative estimate of drug-likeness (QED) is 0.568. The summed E-state index contributed by atoms with van der Waals surface area (Å²) in [6.45, 7) is 2.88. The summed E-state index contributed by atoms with van der Waals surface area (Å²) in [4.78, 5) is 4.73. The minimum absolute atomic E-state index is 0.705. The highest BCUT2D eigenvalue weighted by Crippen LogP contribution is 2.39. The number of methoxy groups -OCH3 is 2. The summed E-state index contributed by atoms with van der Waals surface area (Å²) >= 11 is 4.79. The predicted molar refractivity (Wildman–Crippen MR) is 104 cm³/mol. The Morgan fingerprint density at radius 1 is 1.20 bits per heavy atom. The Hall–Kier alpha value is -1.84. The average Bonchev–Trinajstić information content (AvgIpc) is 3.28. The van der Waals surface area contributed by atoms with Crippen molar-refractivity contribution in [1.29, 1.82) is 0 Å². The molecular weight excluding hydrogens is 376 g/mol. The third kappa shape index (κ3) is 4.23. The second-order valence-corrected chi connectivity index (χ2v) is 7.94. The van der Waals surface area contributed by atoms with Crippen molar-refractivity contribution in [2.24, 2.45) is 0 Å². The largest absolute Gasteiger partial charge is 0.493 e. The van der Waals surface area contributed by atoms with E-state index in [1.54, 1.807) is 48.7 Å². The van der Waals surface area contributed by atoms with Crippen LogP contribution in [0.1, 0.15) is 12.6 Å². The van der Waals surface area contributed by atoms with Gasteiger partial charge in [-0.05, 0) is 19.1 Å². The van der Waals surface area contributed by atoms with E-state index in [1.807, 2.05) is 25.1 Å². The minimum Gasteiger partial charge on any atom is -0.493 e. The zero-order valence-electron chi connectivity index (χ0n) is 14.1. The van der Waals surface area contributed by atoms with Gasteiger partial charge in [-0.15, -0.1) is 21.5 Å². The topological polar surface area (TPSA) is 69.2 Å². The highest BCUT2D eigenvalue weighted by molar-refractivity contribution is 8.00. The lowest BCUT2D eigenvalue weighted by Crippen LogP contribution is -1.94. The number of ether oxygens (including phenoxy) is 2. The van der Waals surface area contributed by atoms with Crippen LogP contribution in [0.25, 0.3) is 10.6 Å². The molecule has 0 unspecified atom stereocenters. The van der Waals surface area contributed by atoms with Crippen LogP contribution in [0, 0.1) is 0 Å². The van der Waals surface area contributed by atoms with Gasteiger partial charge >= 0.3 is 0 Å². The summed E-state index contributed by atoms with van der Waals surface area (Å²) in [6, 6.07) is 5.81. The number of nitrogens with one attached hydrogen (secondary N) is 1. The van der Waals surface area contributed by atoms with Crippen molar-refractivity contribution >= 4 is 39.6 Å². The molecule has 2 aromatic heterocycles. The van der Waals surface area contributed by atoms with Gasteiger partial charge in [-0.2, -0.15) is 0 Å². The van der Waals surface area contributed by atoms with Crippen LogP contribution in [-0.2, 0) is 5.75 Å². The first-order valence-electron chi connectivity index (χ1n) is 7.61. The van der Waals surface area contributed by atoms with Crippen LogP contribution < -0.4 is 14.8 Å². The molecule has 3 rings (SSSR count). The summed E-state index contributed by atoms with van der Waals surface area (Å²) in [5, 5.41) is 15.3. The molecule has 0 aliphatic rings. The van der Waals surface area contributed by atoms with Gasteiger partial charge in [-0.3, -0.25) is 0 Å². The van der Waals surface area contributed by atoms with Gasteiger partial charge in [-0.1, -0.05) is 29.2 Å². The molecule has 0 saturated heterocycles. The Kier molecular flexibility index (Phi) is 6.11. The second-order valence-electron chi connectivity index (χ2n) is 4.88. The molecule has 9 heteroatoms. The molecule has 3 aromatic rings. The fourth-order valence-corrected chi connectivity index (χ4v) is 4.84. The minimum atomic E-state index is 0.705. The Morgan fingerprint density at radius 2 is 2.08 bits per heavy atom. The molecule has 0 radical (unpaired) electrons. The third-order valence-electron chi connectivity index (χ3n) is 3.26. The van der Waals surface area contributed by atoms with Crippen molar-refractivity contribution < 1.29 is 9.47 Å². The average molecular weight is 395 g/mol. The van der Waals surface area contributed by atoms with Crippen molar-refractivity contribution in [3.8, 4) is 22.1 Å². The highest BCUT2D eigenvalue weighted by atomic mass is 32.2. The molecule has 0 amide bonds. The number of anilines is 1. The lowest BCUT2D eigenvalue weighted by Gasteiger charge is -2.10. The van der Waals surface area contributed by atoms with E-state index in [0.717, 1.165) is 38.0 Å². The van der Waals surface area contributed by atoms with E-state index in [0.29, 0.717) is 11.5 Å². The number of hydrogen-bond acceptors (Lipinski definition) is 9. The molecule has 132 valence electrons. The van der Waals surface area contributed by atoms with Gasteiger partial charge in [0, 0.05) is 17.7 Å². The molecule has 1 aromatic carbocycles. The van der Waals surface area contributed by atoms with Gasteiger partial charge in [-0.25, -0.2) is 4.98 Å². The summed E-state index contributed by atoms with van der Waals surface area (Å²) in [5.74, 6) is 2.16. The summed E-state index contributed by atoms with van der Waals surface area (Å²) in [6.07, 6.45) is 0. The first kappa shape index (κ1) is 18.0. The van der Waals surface area contributed by atoms with Crippen molar-refractivity contribution in [1.82, 2.24) is 15.2 Å². The number of aromatic nitrogens is 3. The molecular formula is C16H18N4O2S3. The highest BCUT2D eigenvalue weighted by Gasteiger charge is 2.15. The zero-order valence-corrected chi connectivity index (χ0v) is 16.6. The fraction of sp³-hybridized carbons (Fsp3) is 0.312. The maximum absolute atomic E-state index is 5.50. The van der Waals surface area contributed by atoms with E-state index in [1.165, 1.54) is 0 Å². The second kappa shape index (κ2) is 8.50. The van der Waals surface area contributed by atoms with Crippen molar-refractivity contribution in [3.63, 3.8) is 0 Å². The molecule has 0 aliphatic carbocycles. The monoisotopic (exact) mass is 394 g/mol. The predicted octanol–water partition coefficient (Wildman–Crippen LogP) is 4.40. The molecule has 1 N–H and O–H groups in total.